The van der Waals surface area contributed by atoms with Gasteiger partial charge in [-0.2, -0.15) is 0 Å². The summed E-state index contributed by atoms with van der Waals surface area (Å²) < 4.78 is 13.7. The number of thioether (sulfide) groups is 1. The molecule has 0 atom stereocenters. The topological polar surface area (TPSA) is 65.5 Å². The van der Waals surface area contributed by atoms with Gasteiger partial charge in [-0.15, -0.1) is 5.10 Å². The first-order valence-electron chi connectivity index (χ1n) is 6.12. The highest BCUT2D eigenvalue weighted by Gasteiger charge is 2.14. The van der Waals surface area contributed by atoms with Crippen LogP contribution in [-0.4, -0.2) is 32.9 Å². The number of oxazole rings is 1. The molecule has 6 nitrogen and oxygen atoms in total. The minimum absolute atomic E-state index is 0.488. The number of nitrogens with zero attached hydrogens (tertiary/aromatic N) is 4. The van der Waals surface area contributed by atoms with E-state index in [9.17, 15) is 0 Å². The van der Waals surface area contributed by atoms with Gasteiger partial charge >= 0.3 is 0 Å². The lowest BCUT2D eigenvalue weighted by Gasteiger charge is -1.95. The highest BCUT2D eigenvalue weighted by Crippen LogP contribution is 2.29. The van der Waals surface area contributed by atoms with E-state index in [0.29, 0.717) is 17.2 Å². The number of imidazole rings is 1. The lowest BCUT2D eigenvalue weighted by Crippen LogP contribution is -1.81. The van der Waals surface area contributed by atoms with Gasteiger partial charge in [-0.3, -0.25) is 0 Å². The minimum Gasteiger partial charge on any atom is -0.497 e. The normalized spacial score (nSPS) is 11.5. The highest BCUT2D eigenvalue weighted by molar-refractivity contribution is 8.00. The fourth-order valence-corrected chi connectivity index (χ4v) is 3.35. The van der Waals surface area contributed by atoms with Crippen LogP contribution in [0.2, 0.25) is 0 Å². The fourth-order valence-electron chi connectivity index (χ4n) is 2.01. The van der Waals surface area contributed by atoms with Crippen molar-refractivity contribution in [3.05, 3.63) is 24.4 Å². The lowest BCUT2D eigenvalue weighted by atomic mass is 10.3. The van der Waals surface area contributed by atoms with Crippen molar-refractivity contribution in [2.45, 2.75) is 4.34 Å². The zero-order chi connectivity index (χ0) is 14.4. The molecule has 0 N–H and O–H groups in total. The smallest absolute Gasteiger partial charge is 0.247 e. The molecule has 0 fully saturated rings. The third-order valence-electron chi connectivity index (χ3n) is 3.01. The Bertz CT molecular complexity index is 909. The van der Waals surface area contributed by atoms with Gasteiger partial charge in [-0.25, -0.2) is 14.5 Å². The molecule has 0 aliphatic rings. The summed E-state index contributed by atoms with van der Waals surface area (Å²) in [6.45, 7) is 0. The molecule has 0 spiro atoms. The van der Waals surface area contributed by atoms with Crippen LogP contribution in [0.5, 0.6) is 5.75 Å². The Morgan fingerprint density at radius 3 is 3.00 bits per heavy atom. The van der Waals surface area contributed by atoms with Crippen molar-refractivity contribution in [3.63, 3.8) is 0 Å². The van der Waals surface area contributed by atoms with Crippen LogP contribution in [0.3, 0.4) is 0 Å². The van der Waals surface area contributed by atoms with Crippen LogP contribution < -0.4 is 4.74 Å². The number of aromatic nitrogens is 4. The molecule has 0 unspecified atom stereocenters. The van der Waals surface area contributed by atoms with Gasteiger partial charge in [0.2, 0.25) is 10.9 Å². The number of ether oxygens (including phenoxy) is 1. The Morgan fingerprint density at radius 1 is 1.33 bits per heavy atom. The van der Waals surface area contributed by atoms with E-state index in [4.69, 9.17) is 9.15 Å². The fraction of sp³-hybridized carbons (Fsp3) is 0.154. The minimum atomic E-state index is 0.488. The van der Waals surface area contributed by atoms with Crippen LogP contribution in [-0.2, 0) is 0 Å². The Morgan fingerprint density at radius 2 is 2.24 bits per heavy atom. The van der Waals surface area contributed by atoms with Crippen LogP contribution >= 0.6 is 23.1 Å². The number of methoxy groups -OCH3 is 1. The maximum Gasteiger partial charge on any atom is 0.247 e. The number of fused-ring (bicyclic) bond motifs is 2. The second-order valence-corrected chi connectivity index (χ2v) is 6.29. The first-order valence-corrected chi connectivity index (χ1v) is 8.16. The molecular weight excluding hydrogens is 308 g/mol. The molecular formula is C13H10N4O2S2. The third kappa shape index (κ3) is 2.07. The average molecular weight is 318 g/mol. The predicted molar refractivity (Wildman–Crippen MR) is 82.2 cm³/mol. The van der Waals surface area contributed by atoms with Crippen LogP contribution in [0, 0.1) is 0 Å². The Labute approximate surface area is 127 Å². The van der Waals surface area contributed by atoms with E-state index in [1.165, 1.54) is 11.3 Å². The van der Waals surface area contributed by atoms with E-state index in [-0.39, 0.29) is 0 Å². The molecule has 3 heterocycles. The van der Waals surface area contributed by atoms with Gasteiger partial charge in [0.1, 0.15) is 17.0 Å². The predicted octanol–water partition coefficient (Wildman–Crippen LogP) is 3.33. The molecule has 0 aliphatic heterocycles. The van der Waals surface area contributed by atoms with E-state index in [2.05, 4.69) is 15.1 Å². The quantitative estimate of drug-likeness (QED) is 0.540. The second-order valence-electron chi connectivity index (χ2n) is 4.28. The first kappa shape index (κ1) is 12.7. The summed E-state index contributed by atoms with van der Waals surface area (Å²) >= 11 is 3.14. The Hall–Kier alpha value is -2.06. The van der Waals surface area contributed by atoms with Crippen LogP contribution in [0.15, 0.2) is 33.2 Å². The molecule has 8 heteroatoms. The molecule has 0 aliphatic carbocycles. The summed E-state index contributed by atoms with van der Waals surface area (Å²) in [4.78, 5) is 9.79. The molecule has 0 saturated carbocycles. The molecule has 4 aromatic rings. The van der Waals surface area contributed by atoms with Crippen LogP contribution in [0.1, 0.15) is 0 Å². The maximum atomic E-state index is 5.74. The summed E-state index contributed by atoms with van der Waals surface area (Å²) in [6, 6.07) is 5.52. The standard InChI is InChI=1S/C13H10N4O2S2/c1-18-7-3-4-10-8(5-7)14-11(19-10)9-6-17-12(15-9)21-13(16-17)20-2/h3-6H,1-2H3. The van der Waals surface area contributed by atoms with Crippen molar-refractivity contribution in [1.82, 2.24) is 19.6 Å². The SMILES string of the molecule is COc1ccc2oc(-c3cn4nc(SC)sc4n3)nc2c1. The van der Waals surface area contributed by atoms with E-state index in [1.807, 2.05) is 30.7 Å². The molecule has 106 valence electrons. The van der Waals surface area contributed by atoms with Crippen LogP contribution in [0.25, 0.3) is 27.6 Å². The molecule has 21 heavy (non-hydrogen) atoms. The Kier molecular flexibility index (Phi) is 2.86. The number of rotatable bonds is 3. The molecule has 0 amide bonds. The summed E-state index contributed by atoms with van der Waals surface area (Å²) in [5.74, 6) is 1.24. The first-order chi connectivity index (χ1) is 10.3. The zero-order valence-electron chi connectivity index (χ0n) is 11.2. The van der Waals surface area contributed by atoms with Gasteiger partial charge in [-0.1, -0.05) is 23.1 Å². The maximum absolute atomic E-state index is 5.74. The van der Waals surface area contributed by atoms with E-state index in [1.54, 1.807) is 23.4 Å². The molecule has 4 rings (SSSR count). The second kappa shape index (κ2) is 4.74. The van der Waals surface area contributed by atoms with Crippen molar-refractivity contribution in [3.8, 4) is 17.3 Å². The summed E-state index contributed by atoms with van der Waals surface area (Å²) in [7, 11) is 1.63. The molecule has 0 saturated heterocycles. The van der Waals surface area contributed by atoms with Gasteiger partial charge in [0.05, 0.1) is 13.3 Å². The van der Waals surface area contributed by atoms with E-state index < -0.39 is 0 Å². The van der Waals surface area contributed by atoms with E-state index in [0.717, 1.165) is 20.6 Å². The van der Waals surface area contributed by atoms with Gasteiger partial charge < -0.3 is 9.15 Å². The number of hydrogen-bond donors (Lipinski definition) is 0. The summed E-state index contributed by atoms with van der Waals surface area (Å²) in [5, 5.41) is 4.40. The van der Waals surface area contributed by atoms with Gasteiger partial charge in [0, 0.05) is 6.07 Å². The highest BCUT2D eigenvalue weighted by atomic mass is 32.2. The number of benzene rings is 1. The van der Waals surface area contributed by atoms with Crippen molar-refractivity contribution in [2.24, 2.45) is 0 Å². The average Bonchev–Trinajstić information content (AvgIpc) is 3.17. The molecule has 0 radical (unpaired) electrons. The van der Waals surface area contributed by atoms with Crippen LogP contribution in [0.4, 0.5) is 0 Å². The Balaban J connectivity index is 1.81. The van der Waals surface area contributed by atoms with Gasteiger partial charge in [-0.05, 0) is 18.4 Å². The van der Waals surface area contributed by atoms with Crippen molar-refractivity contribution in [1.29, 1.82) is 0 Å². The zero-order valence-corrected chi connectivity index (χ0v) is 12.9. The van der Waals surface area contributed by atoms with Gasteiger partial charge in [0.15, 0.2) is 9.92 Å². The lowest BCUT2D eigenvalue weighted by molar-refractivity contribution is 0.415. The monoisotopic (exact) mass is 318 g/mol. The molecule has 3 aromatic heterocycles. The van der Waals surface area contributed by atoms with E-state index >= 15 is 0 Å². The molecule has 0 bridgehead atoms. The number of hydrogen-bond acceptors (Lipinski definition) is 7. The third-order valence-corrected chi connectivity index (χ3v) is 4.91. The molecule has 1 aromatic carbocycles. The largest absolute Gasteiger partial charge is 0.497 e. The van der Waals surface area contributed by atoms with Gasteiger partial charge in [0.25, 0.3) is 0 Å². The van der Waals surface area contributed by atoms with Crippen molar-refractivity contribution < 1.29 is 9.15 Å². The van der Waals surface area contributed by atoms with Crippen molar-refractivity contribution >= 4 is 39.2 Å². The van der Waals surface area contributed by atoms with Crippen molar-refractivity contribution in [2.75, 3.05) is 13.4 Å². The summed E-state index contributed by atoms with van der Waals surface area (Å²) in [6.07, 6.45) is 3.82. The summed E-state index contributed by atoms with van der Waals surface area (Å²) in [5.41, 5.74) is 2.13.